The molecule has 0 spiro atoms. The highest BCUT2D eigenvalue weighted by Gasteiger charge is 2.37. The van der Waals surface area contributed by atoms with E-state index in [4.69, 9.17) is 19.9 Å². The predicted octanol–water partition coefficient (Wildman–Crippen LogP) is 5.47. The molecule has 0 saturated carbocycles. The van der Waals surface area contributed by atoms with Gasteiger partial charge in [-0.1, -0.05) is 159 Å². The molecule has 0 bridgehead atoms. The highest BCUT2D eigenvalue weighted by Crippen LogP contribution is 2.21. The van der Waals surface area contributed by atoms with Crippen LogP contribution in [0.15, 0.2) is 152 Å². The number of alkyl carbamates (subject to hydrolysis) is 1. The Morgan fingerprint density at radius 1 is 0.533 bits per heavy atom. The quantitative estimate of drug-likeness (QED) is 0.0279. The number of para-hydroxylation sites is 1. The molecule has 6 rings (SSSR count). The molecule has 75 heavy (non-hydrogen) atoms. The lowest BCUT2D eigenvalue weighted by atomic mass is 10.0. The maximum atomic E-state index is 15.1. The van der Waals surface area contributed by atoms with E-state index in [9.17, 15) is 33.6 Å². The number of benzene rings is 5. The fourth-order valence-corrected chi connectivity index (χ4v) is 8.16. The van der Waals surface area contributed by atoms with E-state index >= 15 is 4.79 Å². The molecule has 0 aliphatic carbocycles. The van der Waals surface area contributed by atoms with Gasteiger partial charge in [0.05, 0.1) is 12.8 Å². The van der Waals surface area contributed by atoms with E-state index in [-0.39, 0.29) is 39.1 Å². The average Bonchev–Trinajstić information content (AvgIpc) is 3.83. The first-order valence-electron chi connectivity index (χ1n) is 24.7. The second-order valence-corrected chi connectivity index (χ2v) is 17.9. The van der Waals surface area contributed by atoms with Crippen LogP contribution < -0.4 is 27.0 Å². The van der Waals surface area contributed by atoms with Crippen LogP contribution in [-0.2, 0) is 80.4 Å². The Labute approximate surface area is 435 Å². The van der Waals surface area contributed by atoms with Crippen molar-refractivity contribution in [3.8, 4) is 0 Å². The zero-order valence-corrected chi connectivity index (χ0v) is 41.9. The van der Waals surface area contributed by atoms with Gasteiger partial charge in [0.1, 0.15) is 50.0 Å². The number of hydrogen-bond acceptors (Lipinski definition) is 11. The Morgan fingerprint density at radius 2 is 0.987 bits per heavy atom. The highest BCUT2D eigenvalue weighted by atomic mass is 16.6. The second kappa shape index (κ2) is 28.4. The average molecular weight is 1020 g/mol. The summed E-state index contributed by atoms with van der Waals surface area (Å²) in [4.78, 5) is 115. The van der Waals surface area contributed by atoms with Gasteiger partial charge in [-0.3, -0.25) is 33.6 Å². The molecular formula is C57H63N7O11. The van der Waals surface area contributed by atoms with Crippen molar-refractivity contribution < 1.29 is 52.6 Å². The molecule has 7 N–H and O–H groups in total. The molecule has 392 valence electrons. The third kappa shape index (κ3) is 17.4. The van der Waals surface area contributed by atoms with Crippen LogP contribution in [0, 0.1) is 0 Å². The zero-order chi connectivity index (χ0) is 53.5. The number of nitrogens with two attached hydrogens (primary N) is 1. The van der Waals surface area contributed by atoms with Crippen molar-refractivity contribution in [1.29, 1.82) is 0 Å². The molecule has 5 atom stereocenters. The summed E-state index contributed by atoms with van der Waals surface area (Å²) in [5.74, 6) is -5.95. The summed E-state index contributed by atoms with van der Waals surface area (Å²) in [6.45, 7) is 1.50. The number of aromatic nitrogens is 1. The lowest BCUT2D eigenvalue weighted by molar-refractivity contribution is -0.149. The Kier molecular flexibility index (Phi) is 21.1. The van der Waals surface area contributed by atoms with Crippen molar-refractivity contribution >= 4 is 58.5 Å². The largest absolute Gasteiger partial charge is 0.461 e. The van der Waals surface area contributed by atoms with Crippen LogP contribution in [-0.4, -0.2) is 94.7 Å². The van der Waals surface area contributed by atoms with Gasteiger partial charge in [-0.15, -0.1) is 0 Å². The van der Waals surface area contributed by atoms with E-state index < -0.39 is 90.6 Å². The van der Waals surface area contributed by atoms with E-state index in [0.717, 1.165) is 15.8 Å². The topological polar surface area (TPSA) is 257 Å². The van der Waals surface area contributed by atoms with E-state index in [0.29, 0.717) is 40.7 Å². The summed E-state index contributed by atoms with van der Waals surface area (Å²) in [7, 11) is 1.38. The monoisotopic (exact) mass is 1020 g/mol. The van der Waals surface area contributed by atoms with Gasteiger partial charge in [0, 0.05) is 37.0 Å². The molecule has 6 amide bonds. The number of fused-ring (bicyclic) bond motifs is 1. The van der Waals surface area contributed by atoms with Crippen LogP contribution in [0.1, 0.15) is 66.8 Å². The third-order valence-electron chi connectivity index (χ3n) is 12.3. The van der Waals surface area contributed by atoms with Crippen LogP contribution in [0.3, 0.4) is 0 Å². The molecule has 18 heteroatoms. The van der Waals surface area contributed by atoms with Crippen LogP contribution in [0.4, 0.5) is 4.79 Å². The molecular weight excluding hydrogens is 959 g/mol. The predicted molar refractivity (Wildman–Crippen MR) is 278 cm³/mol. The van der Waals surface area contributed by atoms with E-state index in [1.165, 1.54) is 7.05 Å². The number of ether oxygens (including phenoxy) is 3. The molecule has 0 radical (unpaired) electrons. The molecule has 0 fully saturated rings. The summed E-state index contributed by atoms with van der Waals surface area (Å²) in [5.41, 5.74) is 9.82. The number of esters is 2. The number of likely N-dealkylation sites (N-methyl/N-ethyl adjacent to an activating group) is 1. The summed E-state index contributed by atoms with van der Waals surface area (Å²) >= 11 is 0. The summed E-state index contributed by atoms with van der Waals surface area (Å²) in [6, 6.07) is 35.5. The normalized spacial score (nSPS) is 12.9. The van der Waals surface area contributed by atoms with Gasteiger partial charge in [-0.05, 0) is 40.3 Å². The van der Waals surface area contributed by atoms with Crippen molar-refractivity contribution in [1.82, 2.24) is 31.2 Å². The third-order valence-corrected chi connectivity index (χ3v) is 12.3. The van der Waals surface area contributed by atoms with E-state index in [2.05, 4.69) is 26.3 Å². The standard InChI is InChI=1S/C57H63N7O11/c1-3-4-29-49(55(70)61-46(32-50(65)73-35-39-21-11-6-12-22-39)53(68)60-45(52(58)67)30-38-19-9-5-10-20-38)64(2)56(71)48(31-42-34-59-44-28-18-17-27-43(42)44)62-54(69)47(33-51(66)74-36-40-23-13-7-14-24-40)63-57(72)75-37-41-25-15-8-16-26-41/h5-28,34,45-49,59H,3-4,29-33,35-37H2,1-2H3,(H2,58,67)(H,60,68)(H,61,70)(H,62,69)(H,63,72)/t45-,46-,47+,48-,49-/m0/s1. The van der Waals surface area contributed by atoms with Gasteiger partial charge in [0.2, 0.25) is 29.5 Å². The summed E-state index contributed by atoms with van der Waals surface area (Å²) in [6.07, 6.45) is 0.339. The van der Waals surface area contributed by atoms with Crippen LogP contribution >= 0.6 is 0 Å². The Morgan fingerprint density at radius 3 is 1.51 bits per heavy atom. The van der Waals surface area contributed by atoms with Crippen molar-refractivity contribution in [3.05, 3.63) is 180 Å². The summed E-state index contributed by atoms with van der Waals surface area (Å²) in [5, 5.41) is 11.2. The number of carbonyl (C=O) groups is 8. The molecule has 1 heterocycles. The molecule has 0 saturated heterocycles. The Balaban J connectivity index is 1.26. The fourth-order valence-electron chi connectivity index (χ4n) is 8.16. The minimum absolute atomic E-state index is 0.0149. The maximum absolute atomic E-state index is 15.1. The number of aromatic amines is 1. The molecule has 0 aliphatic rings. The smallest absolute Gasteiger partial charge is 0.408 e. The molecule has 0 aliphatic heterocycles. The first-order chi connectivity index (χ1) is 36.3. The van der Waals surface area contributed by atoms with Crippen molar-refractivity contribution in [2.45, 2.75) is 102 Å². The van der Waals surface area contributed by atoms with E-state index in [1.54, 1.807) is 128 Å². The lowest BCUT2D eigenvalue weighted by Crippen LogP contribution is -2.60. The second-order valence-electron chi connectivity index (χ2n) is 17.9. The van der Waals surface area contributed by atoms with Crippen LogP contribution in [0.2, 0.25) is 0 Å². The number of nitrogens with one attached hydrogen (secondary N) is 5. The van der Waals surface area contributed by atoms with Crippen LogP contribution in [0.5, 0.6) is 0 Å². The van der Waals surface area contributed by atoms with E-state index in [1.807, 2.05) is 31.2 Å². The highest BCUT2D eigenvalue weighted by molar-refractivity contribution is 5.98. The number of nitrogens with zero attached hydrogens (tertiary/aromatic N) is 1. The number of H-pyrrole nitrogens is 1. The number of unbranched alkanes of at least 4 members (excludes halogenated alkanes) is 1. The molecule has 6 aromatic rings. The van der Waals surface area contributed by atoms with Crippen molar-refractivity contribution in [2.75, 3.05) is 7.05 Å². The van der Waals surface area contributed by atoms with Gasteiger partial charge in [-0.25, -0.2) is 4.79 Å². The zero-order valence-electron chi connectivity index (χ0n) is 41.9. The van der Waals surface area contributed by atoms with Gasteiger partial charge in [-0.2, -0.15) is 0 Å². The maximum Gasteiger partial charge on any atom is 0.408 e. The van der Waals surface area contributed by atoms with Crippen molar-refractivity contribution in [3.63, 3.8) is 0 Å². The molecule has 5 aromatic carbocycles. The Hall–Kier alpha value is -8.80. The number of rotatable bonds is 27. The van der Waals surface area contributed by atoms with Gasteiger partial charge in [0.25, 0.3) is 0 Å². The number of hydrogen-bond donors (Lipinski definition) is 6. The summed E-state index contributed by atoms with van der Waals surface area (Å²) < 4.78 is 16.4. The fraction of sp³-hybridized carbons (Fsp3) is 0.298. The molecule has 18 nitrogen and oxygen atoms in total. The Bertz CT molecular complexity index is 2790. The minimum atomic E-state index is -1.61. The first kappa shape index (κ1) is 55.5. The molecule has 0 unspecified atom stereocenters. The number of amides is 6. The van der Waals surface area contributed by atoms with Gasteiger partial charge < -0.3 is 51.1 Å². The van der Waals surface area contributed by atoms with Gasteiger partial charge >= 0.3 is 18.0 Å². The van der Waals surface area contributed by atoms with Crippen molar-refractivity contribution in [2.24, 2.45) is 5.73 Å². The number of carbonyl (C=O) groups excluding carboxylic acids is 8. The minimum Gasteiger partial charge on any atom is -0.461 e. The first-order valence-corrected chi connectivity index (χ1v) is 24.7. The van der Waals surface area contributed by atoms with Gasteiger partial charge in [0.15, 0.2) is 0 Å². The van der Waals surface area contributed by atoms with Crippen LogP contribution in [0.25, 0.3) is 10.9 Å². The lowest BCUT2D eigenvalue weighted by Gasteiger charge is -2.32. The number of primary amides is 1. The molecule has 1 aromatic heterocycles. The SMILES string of the molecule is CCCC[C@@H](C(=O)N[C@@H](CC(=O)OCc1ccccc1)C(=O)N[C@@H](Cc1ccccc1)C(N)=O)N(C)C(=O)[C@H](Cc1c[nH]c2ccccc12)NC(=O)[C@@H](CC(=O)OCc1ccccc1)NC(=O)OCc1ccccc1.